The van der Waals surface area contributed by atoms with Crippen molar-refractivity contribution in [3.63, 3.8) is 0 Å². The molecule has 0 amide bonds. The Morgan fingerprint density at radius 3 is 2.46 bits per heavy atom. The molecule has 3 aromatic rings. The lowest BCUT2D eigenvalue weighted by atomic mass is 10.1. The molecule has 4 heteroatoms. The highest BCUT2D eigenvalue weighted by Gasteiger charge is 2.18. The molecule has 0 N–H and O–H groups in total. The van der Waals surface area contributed by atoms with Crippen molar-refractivity contribution in [3.8, 4) is 11.3 Å². The highest BCUT2D eigenvalue weighted by Crippen LogP contribution is 2.37. The number of hydrogen-bond donors (Lipinski definition) is 0. The number of halogens is 1. The van der Waals surface area contributed by atoms with Crippen LogP contribution in [0.25, 0.3) is 22.3 Å². The predicted octanol–water partition coefficient (Wildman–Crippen LogP) is 6.72. The fourth-order valence-corrected chi connectivity index (χ4v) is 3.88. The number of fused-ring (bicyclic) bond motifs is 1. The molecule has 2 aromatic carbocycles. The number of furan rings is 1. The minimum absolute atomic E-state index is 0.582. The van der Waals surface area contributed by atoms with E-state index in [1.165, 1.54) is 6.04 Å². The van der Waals surface area contributed by atoms with Gasteiger partial charge in [0.2, 0.25) is 0 Å². The Morgan fingerprint density at radius 1 is 1.00 bits per heavy atom. The Bertz CT molecular complexity index is 833. The van der Waals surface area contributed by atoms with Gasteiger partial charge < -0.3 is 9.15 Å². The van der Waals surface area contributed by atoms with Gasteiger partial charge in [0.05, 0.1) is 6.61 Å². The summed E-state index contributed by atoms with van der Waals surface area (Å²) in [5, 5.41) is 1.14. The third kappa shape index (κ3) is 3.99. The lowest BCUT2D eigenvalue weighted by Crippen LogP contribution is -2.21. The number of ether oxygens (including phenoxy) is 1. The van der Waals surface area contributed by atoms with Crippen molar-refractivity contribution >= 4 is 35.0 Å². The second-order valence-corrected chi connectivity index (χ2v) is 13.7. The number of benzene rings is 2. The summed E-state index contributed by atoms with van der Waals surface area (Å²) in [5.41, 5.74) is 3.11. The van der Waals surface area contributed by atoms with Crippen LogP contribution >= 0.6 is 15.9 Å². The first-order valence-corrected chi connectivity index (χ1v) is 12.8. The van der Waals surface area contributed by atoms with Crippen LogP contribution in [0.2, 0.25) is 25.7 Å². The minimum atomic E-state index is -1.08. The third-order valence-electron chi connectivity index (χ3n) is 4.06. The lowest BCUT2D eigenvalue weighted by Gasteiger charge is -2.15. The van der Waals surface area contributed by atoms with E-state index in [2.05, 4.69) is 47.7 Å². The molecule has 0 unspecified atom stereocenters. The van der Waals surface area contributed by atoms with Gasteiger partial charge in [-0.1, -0.05) is 72.0 Å². The van der Waals surface area contributed by atoms with Crippen molar-refractivity contribution in [1.29, 1.82) is 0 Å². The van der Waals surface area contributed by atoms with E-state index in [4.69, 9.17) is 9.15 Å². The molecule has 0 fully saturated rings. The Kier molecular flexibility index (Phi) is 5.28. The van der Waals surface area contributed by atoms with Crippen molar-refractivity contribution in [1.82, 2.24) is 0 Å². The number of para-hydroxylation sites is 1. The average molecular weight is 403 g/mol. The first-order valence-electron chi connectivity index (χ1n) is 8.29. The fraction of sp³-hybridized carbons (Fsp3) is 0.300. The molecular formula is C20H23BrO2Si. The molecule has 1 aromatic heterocycles. The van der Waals surface area contributed by atoms with Gasteiger partial charge >= 0.3 is 0 Å². The third-order valence-corrected chi connectivity index (χ3v) is 6.46. The molecule has 0 aliphatic carbocycles. The van der Waals surface area contributed by atoms with Gasteiger partial charge in [0.15, 0.2) is 0 Å². The molecule has 0 aliphatic heterocycles. The first-order chi connectivity index (χ1) is 11.5. The molecule has 126 valence electrons. The Morgan fingerprint density at radius 2 is 1.71 bits per heavy atom. The second kappa shape index (κ2) is 7.26. The maximum absolute atomic E-state index is 6.16. The van der Waals surface area contributed by atoms with Crippen molar-refractivity contribution < 1.29 is 9.15 Å². The quantitative estimate of drug-likeness (QED) is 0.337. The summed E-state index contributed by atoms with van der Waals surface area (Å²) in [6.07, 6.45) is 0. The maximum atomic E-state index is 6.16. The molecule has 1 heterocycles. The maximum Gasteiger partial charge on any atom is 0.142 e. The molecule has 0 atom stereocenters. The van der Waals surface area contributed by atoms with Gasteiger partial charge in [0.1, 0.15) is 11.3 Å². The summed E-state index contributed by atoms with van der Waals surface area (Å²) < 4.78 is 13.2. The molecule has 0 saturated heterocycles. The number of hydrogen-bond acceptors (Lipinski definition) is 2. The van der Waals surface area contributed by atoms with E-state index in [9.17, 15) is 0 Å². The lowest BCUT2D eigenvalue weighted by molar-refractivity contribution is 0.134. The molecule has 3 rings (SSSR count). The molecule has 0 radical (unpaired) electrons. The zero-order chi connectivity index (χ0) is 17.2. The topological polar surface area (TPSA) is 22.4 Å². The molecule has 2 nitrogen and oxygen atoms in total. The summed E-state index contributed by atoms with van der Waals surface area (Å²) in [7, 11) is -1.08. The van der Waals surface area contributed by atoms with Gasteiger partial charge in [-0.25, -0.2) is 0 Å². The van der Waals surface area contributed by atoms with Crippen LogP contribution in [0.15, 0.2) is 57.4 Å². The van der Waals surface area contributed by atoms with Gasteiger partial charge in [-0.05, 0) is 18.2 Å². The summed E-state index contributed by atoms with van der Waals surface area (Å²) in [6.45, 7) is 8.51. The summed E-state index contributed by atoms with van der Waals surface area (Å²) >= 11 is 3.64. The number of rotatable bonds is 6. The first kappa shape index (κ1) is 17.5. The van der Waals surface area contributed by atoms with Crippen LogP contribution in [0.4, 0.5) is 0 Å². The monoisotopic (exact) mass is 402 g/mol. The van der Waals surface area contributed by atoms with Crippen LogP contribution < -0.4 is 0 Å². The fourth-order valence-electron chi connectivity index (χ4n) is 2.66. The van der Waals surface area contributed by atoms with Crippen LogP contribution in [0, 0.1) is 0 Å². The van der Waals surface area contributed by atoms with Gasteiger partial charge in [-0.3, -0.25) is 0 Å². The standard InChI is InChI=1S/C20H23BrO2Si/c1-24(2,3)13-12-22-14-17-15-8-5-7-11-19(15)23-20(17)16-9-4-6-10-18(16)21/h4-11H,12-14H2,1-3H3. The van der Waals surface area contributed by atoms with E-state index in [0.717, 1.165) is 38.9 Å². The highest BCUT2D eigenvalue weighted by molar-refractivity contribution is 9.10. The van der Waals surface area contributed by atoms with Crippen LogP contribution in [0.1, 0.15) is 5.56 Å². The average Bonchev–Trinajstić information content (AvgIpc) is 2.90. The zero-order valence-electron chi connectivity index (χ0n) is 14.4. The van der Waals surface area contributed by atoms with E-state index in [-0.39, 0.29) is 0 Å². The van der Waals surface area contributed by atoms with Crippen LogP contribution in [-0.2, 0) is 11.3 Å². The Balaban J connectivity index is 1.93. The van der Waals surface area contributed by atoms with E-state index >= 15 is 0 Å². The minimum Gasteiger partial charge on any atom is -0.456 e. The molecule has 0 bridgehead atoms. The molecule has 0 spiro atoms. The van der Waals surface area contributed by atoms with E-state index in [1.54, 1.807) is 0 Å². The highest BCUT2D eigenvalue weighted by atomic mass is 79.9. The van der Waals surface area contributed by atoms with Crippen molar-refractivity contribution in [3.05, 3.63) is 58.6 Å². The van der Waals surface area contributed by atoms with Crippen LogP contribution in [0.3, 0.4) is 0 Å². The molecule has 0 aliphatic rings. The van der Waals surface area contributed by atoms with Gasteiger partial charge in [0.25, 0.3) is 0 Å². The van der Waals surface area contributed by atoms with Crippen LogP contribution in [-0.4, -0.2) is 14.7 Å². The van der Waals surface area contributed by atoms with Gasteiger partial charge in [-0.15, -0.1) is 0 Å². The summed E-state index contributed by atoms with van der Waals surface area (Å²) in [6, 6.07) is 17.5. The largest absolute Gasteiger partial charge is 0.456 e. The Labute approximate surface area is 153 Å². The van der Waals surface area contributed by atoms with Crippen molar-refractivity contribution in [2.75, 3.05) is 6.61 Å². The Hall–Kier alpha value is -1.36. The van der Waals surface area contributed by atoms with Crippen LogP contribution in [0.5, 0.6) is 0 Å². The molecule has 24 heavy (non-hydrogen) atoms. The van der Waals surface area contributed by atoms with E-state index in [0.29, 0.717) is 6.61 Å². The smallest absolute Gasteiger partial charge is 0.142 e. The van der Waals surface area contributed by atoms with Crippen molar-refractivity contribution in [2.24, 2.45) is 0 Å². The molecular weight excluding hydrogens is 380 g/mol. The predicted molar refractivity (Wildman–Crippen MR) is 107 cm³/mol. The van der Waals surface area contributed by atoms with E-state index < -0.39 is 8.07 Å². The van der Waals surface area contributed by atoms with Gasteiger partial charge in [0, 0.05) is 35.7 Å². The zero-order valence-corrected chi connectivity index (χ0v) is 17.0. The summed E-state index contributed by atoms with van der Waals surface area (Å²) in [5.74, 6) is 0.900. The summed E-state index contributed by atoms with van der Waals surface area (Å²) in [4.78, 5) is 0. The normalized spacial score (nSPS) is 12.0. The SMILES string of the molecule is C[Si](C)(C)CCOCc1c(-c2ccccc2Br)oc2ccccc12. The van der Waals surface area contributed by atoms with Gasteiger partial charge in [-0.2, -0.15) is 0 Å². The second-order valence-electron chi connectivity index (χ2n) is 7.25. The molecule has 0 saturated carbocycles. The van der Waals surface area contributed by atoms with Crippen molar-refractivity contribution in [2.45, 2.75) is 32.3 Å². The van der Waals surface area contributed by atoms with E-state index in [1.807, 2.05) is 36.4 Å².